The standard InChI is InChI=1S/C10H9F3N4/c1-6-2-3-17(16-6)9-5-7(10(11,12)13)4-8(14)15-9/h2-5H,1H3,(H2,14,15). The molecule has 7 heteroatoms. The maximum absolute atomic E-state index is 12.6. The summed E-state index contributed by atoms with van der Waals surface area (Å²) >= 11 is 0. The summed E-state index contributed by atoms with van der Waals surface area (Å²) < 4.78 is 38.9. The van der Waals surface area contributed by atoms with Crippen LogP contribution < -0.4 is 5.73 Å². The zero-order chi connectivity index (χ0) is 12.6. The smallest absolute Gasteiger partial charge is 0.384 e. The fourth-order valence-corrected chi connectivity index (χ4v) is 1.36. The molecule has 0 radical (unpaired) electrons. The number of aryl methyl sites for hydroxylation is 1. The summed E-state index contributed by atoms with van der Waals surface area (Å²) in [5.41, 5.74) is 5.19. The van der Waals surface area contributed by atoms with Crippen LogP contribution in [0.2, 0.25) is 0 Å². The van der Waals surface area contributed by atoms with E-state index in [1.54, 1.807) is 13.0 Å². The third-order valence-corrected chi connectivity index (χ3v) is 2.12. The molecule has 0 saturated heterocycles. The van der Waals surface area contributed by atoms with Crippen molar-refractivity contribution >= 4 is 5.82 Å². The number of aromatic nitrogens is 3. The van der Waals surface area contributed by atoms with Gasteiger partial charge < -0.3 is 5.73 Å². The molecule has 2 heterocycles. The average molecular weight is 242 g/mol. The number of pyridine rings is 1. The van der Waals surface area contributed by atoms with E-state index in [4.69, 9.17) is 5.73 Å². The molecule has 4 nitrogen and oxygen atoms in total. The first-order chi connectivity index (χ1) is 7.86. The third-order valence-electron chi connectivity index (χ3n) is 2.12. The average Bonchev–Trinajstić information content (AvgIpc) is 2.62. The number of hydrogen-bond acceptors (Lipinski definition) is 3. The molecule has 0 aliphatic rings. The number of halogens is 3. The van der Waals surface area contributed by atoms with E-state index in [1.165, 1.54) is 10.9 Å². The molecule has 2 aromatic heterocycles. The topological polar surface area (TPSA) is 56.7 Å². The SMILES string of the molecule is Cc1ccn(-c2cc(C(F)(F)F)cc(N)n2)n1. The lowest BCUT2D eigenvalue weighted by Gasteiger charge is -2.09. The number of alkyl halides is 3. The Morgan fingerprint density at radius 3 is 2.53 bits per heavy atom. The molecule has 0 saturated carbocycles. The lowest BCUT2D eigenvalue weighted by molar-refractivity contribution is -0.137. The van der Waals surface area contributed by atoms with E-state index >= 15 is 0 Å². The number of nitrogens with two attached hydrogens (primary N) is 1. The molecule has 0 aliphatic carbocycles. The molecule has 0 aromatic carbocycles. The Labute approximate surface area is 94.9 Å². The predicted octanol–water partition coefficient (Wildman–Crippen LogP) is 2.18. The van der Waals surface area contributed by atoms with E-state index in [2.05, 4.69) is 10.1 Å². The van der Waals surface area contributed by atoms with Crippen LogP contribution in [-0.4, -0.2) is 14.8 Å². The van der Waals surface area contributed by atoms with E-state index < -0.39 is 11.7 Å². The largest absolute Gasteiger partial charge is 0.416 e. The van der Waals surface area contributed by atoms with Crippen molar-refractivity contribution in [3.8, 4) is 5.82 Å². The van der Waals surface area contributed by atoms with Crippen molar-refractivity contribution in [2.75, 3.05) is 5.73 Å². The number of anilines is 1. The molecule has 0 amide bonds. The van der Waals surface area contributed by atoms with E-state index in [9.17, 15) is 13.2 Å². The zero-order valence-corrected chi connectivity index (χ0v) is 8.86. The van der Waals surface area contributed by atoms with Gasteiger partial charge in [-0.2, -0.15) is 18.3 Å². The van der Waals surface area contributed by atoms with Crippen LogP contribution >= 0.6 is 0 Å². The molecule has 0 unspecified atom stereocenters. The minimum atomic E-state index is -4.45. The first kappa shape index (κ1) is 11.4. The second kappa shape index (κ2) is 3.76. The van der Waals surface area contributed by atoms with E-state index in [0.717, 1.165) is 12.1 Å². The van der Waals surface area contributed by atoms with Crippen LogP contribution in [0.4, 0.5) is 19.0 Å². The van der Waals surface area contributed by atoms with Crippen molar-refractivity contribution < 1.29 is 13.2 Å². The van der Waals surface area contributed by atoms with Gasteiger partial charge in [-0.1, -0.05) is 0 Å². The van der Waals surface area contributed by atoms with Gasteiger partial charge in [-0.15, -0.1) is 0 Å². The molecule has 90 valence electrons. The van der Waals surface area contributed by atoms with Gasteiger partial charge in [0.05, 0.1) is 11.3 Å². The summed E-state index contributed by atoms with van der Waals surface area (Å²) in [6.45, 7) is 1.73. The van der Waals surface area contributed by atoms with Crippen LogP contribution in [0.1, 0.15) is 11.3 Å². The number of hydrogen-bond donors (Lipinski definition) is 1. The van der Waals surface area contributed by atoms with Crippen LogP contribution in [0, 0.1) is 6.92 Å². The minimum absolute atomic E-state index is 0.0467. The van der Waals surface area contributed by atoms with Gasteiger partial charge in [0.25, 0.3) is 0 Å². The summed E-state index contributed by atoms with van der Waals surface area (Å²) in [7, 11) is 0. The van der Waals surface area contributed by atoms with E-state index in [0.29, 0.717) is 5.69 Å². The van der Waals surface area contributed by atoms with Gasteiger partial charge in [-0.25, -0.2) is 9.67 Å². The molecular formula is C10H9F3N4. The third kappa shape index (κ3) is 2.38. The van der Waals surface area contributed by atoms with Crippen molar-refractivity contribution in [1.29, 1.82) is 0 Å². The van der Waals surface area contributed by atoms with Crippen LogP contribution in [-0.2, 0) is 6.18 Å². The van der Waals surface area contributed by atoms with Crippen molar-refractivity contribution in [3.05, 3.63) is 35.7 Å². The lowest BCUT2D eigenvalue weighted by Crippen LogP contribution is -2.10. The maximum atomic E-state index is 12.6. The molecule has 0 atom stereocenters. The quantitative estimate of drug-likeness (QED) is 0.833. The summed E-state index contributed by atoms with van der Waals surface area (Å²) in [6.07, 6.45) is -2.93. The normalized spacial score (nSPS) is 11.8. The lowest BCUT2D eigenvalue weighted by atomic mass is 10.2. The molecule has 2 aromatic rings. The Hall–Kier alpha value is -2.05. The molecule has 0 spiro atoms. The van der Waals surface area contributed by atoms with Crippen LogP contribution in [0.15, 0.2) is 24.4 Å². The second-order valence-electron chi connectivity index (χ2n) is 3.54. The van der Waals surface area contributed by atoms with Gasteiger partial charge in [-0.05, 0) is 25.1 Å². The van der Waals surface area contributed by atoms with E-state index in [1.807, 2.05) is 0 Å². The highest BCUT2D eigenvalue weighted by atomic mass is 19.4. The first-order valence-corrected chi connectivity index (χ1v) is 4.73. The summed E-state index contributed by atoms with van der Waals surface area (Å²) in [6, 6.07) is 3.36. The van der Waals surface area contributed by atoms with Crippen LogP contribution in [0.3, 0.4) is 0 Å². The van der Waals surface area contributed by atoms with Crippen LogP contribution in [0.5, 0.6) is 0 Å². The summed E-state index contributed by atoms with van der Waals surface area (Å²) in [5, 5.41) is 3.98. The Morgan fingerprint density at radius 1 is 1.29 bits per heavy atom. The second-order valence-corrected chi connectivity index (χ2v) is 3.54. The highest BCUT2D eigenvalue weighted by Crippen LogP contribution is 2.30. The van der Waals surface area contributed by atoms with Gasteiger partial charge in [0, 0.05) is 6.20 Å². The van der Waals surface area contributed by atoms with E-state index in [-0.39, 0.29) is 11.6 Å². The van der Waals surface area contributed by atoms with Gasteiger partial charge in [0.15, 0.2) is 5.82 Å². The van der Waals surface area contributed by atoms with Crippen molar-refractivity contribution in [3.63, 3.8) is 0 Å². The Balaban J connectivity index is 2.52. The number of nitrogen functional groups attached to an aromatic ring is 1. The molecule has 2 rings (SSSR count). The van der Waals surface area contributed by atoms with Gasteiger partial charge in [-0.3, -0.25) is 0 Å². The van der Waals surface area contributed by atoms with Crippen LogP contribution in [0.25, 0.3) is 5.82 Å². The Morgan fingerprint density at radius 2 is 2.00 bits per heavy atom. The molecule has 0 fully saturated rings. The highest BCUT2D eigenvalue weighted by Gasteiger charge is 2.31. The molecular weight excluding hydrogens is 233 g/mol. The first-order valence-electron chi connectivity index (χ1n) is 4.73. The molecule has 2 N–H and O–H groups in total. The van der Waals surface area contributed by atoms with Crippen molar-refractivity contribution in [2.45, 2.75) is 13.1 Å². The Bertz CT molecular complexity index is 545. The molecule has 0 bridgehead atoms. The minimum Gasteiger partial charge on any atom is -0.384 e. The molecule has 0 aliphatic heterocycles. The maximum Gasteiger partial charge on any atom is 0.416 e. The van der Waals surface area contributed by atoms with Gasteiger partial charge >= 0.3 is 6.18 Å². The molecule has 17 heavy (non-hydrogen) atoms. The van der Waals surface area contributed by atoms with Gasteiger partial charge in [0.1, 0.15) is 5.82 Å². The van der Waals surface area contributed by atoms with Crippen molar-refractivity contribution in [2.24, 2.45) is 0 Å². The highest BCUT2D eigenvalue weighted by molar-refractivity contribution is 5.41. The number of nitrogens with zero attached hydrogens (tertiary/aromatic N) is 3. The Kier molecular flexibility index (Phi) is 2.53. The fourth-order valence-electron chi connectivity index (χ4n) is 1.36. The van der Waals surface area contributed by atoms with Crippen molar-refractivity contribution in [1.82, 2.24) is 14.8 Å². The fraction of sp³-hybridized carbons (Fsp3) is 0.200. The summed E-state index contributed by atoms with van der Waals surface area (Å²) in [4.78, 5) is 3.81. The summed E-state index contributed by atoms with van der Waals surface area (Å²) in [5.74, 6) is -0.145. The predicted molar refractivity (Wildman–Crippen MR) is 55.5 cm³/mol. The zero-order valence-electron chi connectivity index (χ0n) is 8.86. The van der Waals surface area contributed by atoms with Gasteiger partial charge in [0.2, 0.25) is 0 Å². The monoisotopic (exact) mass is 242 g/mol. The number of rotatable bonds is 1.